The third-order valence-corrected chi connectivity index (χ3v) is 6.45. The standard InChI is InChI=1S/C22H32O4/c1-15(2)17-8-10-21(4)11-12-22(5,18(9-14-24)20(17)21)19(7-6-13-23)26-16(3)25/h9,13-15,19H,6-8,10-12H2,1-5H3/b18-9-/t19-,21+,22+/m0/s1. The highest BCUT2D eigenvalue weighted by atomic mass is 16.5. The van der Waals surface area contributed by atoms with E-state index in [1.807, 2.05) is 0 Å². The predicted molar refractivity (Wildman–Crippen MR) is 102 cm³/mol. The topological polar surface area (TPSA) is 60.4 Å². The summed E-state index contributed by atoms with van der Waals surface area (Å²) in [5.41, 5.74) is 3.37. The Morgan fingerprint density at radius 3 is 2.42 bits per heavy atom. The smallest absolute Gasteiger partial charge is 0.302 e. The normalized spacial score (nSPS) is 31.1. The molecule has 2 aliphatic rings. The molecule has 0 aromatic rings. The van der Waals surface area contributed by atoms with Crippen LogP contribution in [0.4, 0.5) is 0 Å². The van der Waals surface area contributed by atoms with E-state index in [0.717, 1.165) is 43.8 Å². The molecule has 0 bridgehead atoms. The minimum Gasteiger partial charge on any atom is -0.462 e. The van der Waals surface area contributed by atoms with Crippen molar-refractivity contribution in [2.45, 2.75) is 79.2 Å². The zero-order chi connectivity index (χ0) is 19.5. The molecule has 144 valence electrons. The summed E-state index contributed by atoms with van der Waals surface area (Å²) in [4.78, 5) is 34.2. The van der Waals surface area contributed by atoms with Gasteiger partial charge < -0.3 is 9.53 Å². The number of fused-ring (bicyclic) bond motifs is 1. The maximum Gasteiger partial charge on any atom is 0.302 e. The monoisotopic (exact) mass is 360 g/mol. The molecule has 0 unspecified atom stereocenters. The van der Waals surface area contributed by atoms with E-state index >= 15 is 0 Å². The lowest BCUT2D eigenvalue weighted by molar-refractivity contribution is -0.153. The highest BCUT2D eigenvalue weighted by Crippen LogP contribution is 2.61. The van der Waals surface area contributed by atoms with Gasteiger partial charge >= 0.3 is 5.97 Å². The van der Waals surface area contributed by atoms with Crippen LogP contribution in [-0.4, -0.2) is 24.6 Å². The van der Waals surface area contributed by atoms with Crippen LogP contribution in [0.1, 0.15) is 73.1 Å². The van der Waals surface area contributed by atoms with Gasteiger partial charge in [-0.05, 0) is 60.7 Å². The quantitative estimate of drug-likeness (QED) is 0.379. The summed E-state index contributed by atoms with van der Waals surface area (Å²) in [7, 11) is 0. The lowest BCUT2D eigenvalue weighted by Gasteiger charge is -2.49. The van der Waals surface area contributed by atoms with Crippen LogP contribution in [0.2, 0.25) is 0 Å². The molecule has 0 aromatic heterocycles. The Bertz CT molecular complexity index is 643. The maximum atomic E-state index is 11.7. The van der Waals surface area contributed by atoms with Gasteiger partial charge in [-0.2, -0.15) is 0 Å². The summed E-state index contributed by atoms with van der Waals surface area (Å²) < 4.78 is 5.67. The molecule has 0 aliphatic heterocycles. The average molecular weight is 360 g/mol. The van der Waals surface area contributed by atoms with E-state index in [0.29, 0.717) is 18.8 Å². The van der Waals surface area contributed by atoms with Crippen molar-refractivity contribution < 1.29 is 19.1 Å². The summed E-state index contributed by atoms with van der Waals surface area (Å²) in [5.74, 6) is 0.0803. The van der Waals surface area contributed by atoms with Crippen LogP contribution < -0.4 is 0 Å². The van der Waals surface area contributed by atoms with E-state index < -0.39 is 11.5 Å². The van der Waals surface area contributed by atoms with Gasteiger partial charge in [0, 0.05) is 18.8 Å². The van der Waals surface area contributed by atoms with Crippen molar-refractivity contribution in [2.75, 3.05) is 0 Å². The number of aldehydes is 2. The molecular formula is C22H32O4. The van der Waals surface area contributed by atoms with Crippen LogP contribution in [0.3, 0.4) is 0 Å². The summed E-state index contributed by atoms with van der Waals surface area (Å²) in [6, 6.07) is 0. The maximum absolute atomic E-state index is 11.7. The molecule has 1 fully saturated rings. The second-order valence-corrected chi connectivity index (χ2v) is 8.59. The predicted octanol–water partition coefficient (Wildman–Crippen LogP) is 4.58. The van der Waals surface area contributed by atoms with Gasteiger partial charge in [0.25, 0.3) is 0 Å². The average Bonchev–Trinajstić information content (AvgIpc) is 2.92. The number of rotatable bonds is 7. The third-order valence-electron chi connectivity index (χ3n) is 6.45. The van der Waals surface area contributed by atoms with Gasteiger partial charge in [-0.3, -0.25) is 9.59 Å². The zero-order valence-electron chi connectivity index (χ0n) is 16.8. The Hall–Kier alpha value is -1.71. The van der Waals surface area contributed by atoms with E-state index in [4.69, 9.17) is 4.74 Å². The van der Waals surface area contributed by atoms with Crippen LogP contribution in [0, 0.1) is 16.7 Å². The molecule has 0 spiro atoms. The number of hydrogen-bond donors (Lipinski definition) is 0. The molecule has 4 heteroatoms. The van der Waals surface area contributed by atoms with Crippen LogP contribution in [0.5, 0.6) is 0 Å². The van der Waals surface area contributed by atoms with Gasteiger partial charge in [0.1, 0.15) is 18.7 Å². The van der Waals surface area contributed by atoms with Crippen molar-refractivity contribution in [1.82, 2.24) is 0 Å². The van der Waals surface area contributed by atoms with Gasteiger partial charge in [0.05, 0.1) is 0 Å². The summed E-state index contributed by atoms with van der Waals surface area (Å²) in [5, 5.41) is 0. The first kappa shape index (κ1) is 20.6. The van der Waals surface area contributed by atoms with Crippen LogP contribution >= 0.6 is 0 Å². The van der Waals surface area contributed by atoms with Crippen LogP contribution in [0.25, 0.3) is 0 Å². The molecule has 0 saturated heterocycles. The van der Waals surface area contributed by atoms with E-state index in [9.17, 15) is 14.4 Å². The minimum absolute atomic E-state index is 0.0827. The Kier molecular flexibility index (Phi) is 6.25. The molecule has 1 saturated carbocycles. The Labute approximate surface area is 157 Å². The molecule has 2 rings (SSSR count). The van der Waals surface area contributed by atoms with Crippen molar-refractivity contribution in [3.63, 3.8) is 0 Å². The highest BCUT2D eigenvalue weighted by Gasteiger charge is 2.52. The van der Waals surface area contributed by atoms with Crippen molar-refractivity contribution in [3.05, 3.63) is 22.8 Å². The fourth-order valence-electron chi connectivity index (χ4n) is 4.93. The fourth-order valence-corrected chi connectivity index (χ4v) is 4.93. The molecule has 3 atom stereocenters. The molecule has 26 heavy (non-hydrogen) atoms. The van der Waals surface area contributed by atoms with E-state index in [1.54, 1.807) is 6.08 Å². The molecule has 4 nitrogen and oxygen atoms in total. The van der Waals surface area contributed by atoms with Crippen molar-refractivity contribution in [1.29, 1.82) is 0 Å². The molecule has 0 heterocycles. The SMILES string of the molecule is CC(=O)O[C@@H](CCC=O)[C@]1(C)CC[C@@]2(C)CCC(C(C)C)=C2/C1=C/C=O. The highest BCUT2D eigenvalue weighted by molar-refractivity contribution is 5.71. The lowest BCUT2D eigenvalue weighted by Crippen LogP contribution is -2.44. The molecule has 0 aromatic carbocycles. The molecular weight excluding hydrogens is 328 g/mol. The van der Waals surface area contributed by atoms with Gasteiger partial charge in [-0.25, -0.2) is 0 Å². The van der Waals surface area contributed by atoms with Crippen LogP contribution in [0.15, 0.2) is 22.8 Å². The zero-order valence-corrected chi connectivity index (χ0v) is 16.8. The molecule has 0 amide bonds. The first-order chi connectivity index (χ1) is 12.2. The fraction of sp³-hybridized carbons (Fsp3) is 0.682. The summed E-state index contributed by atoms with van der Waals surface area (Å²) in [6.45, 7) is 10.2. The first-order valence-electron chi connectivity index (χ1n) is 9.70. The summed E-state index contributed by atoms with van der Waals surface area (Å²) >= 11 is 0. The number of ether oxygens (including phenoxy) is 1. The number of esters is 1. The number of carbonyl (C=O) groups excluding carboxylic acids is 3. The molecule has 2 aliphatic carbocycles. The minimum atomic E-state index is -0.449. The van der Waals surface area contributed by atoms with Gasteiger partial charge in [-0.1, -0.05) is 33.3 Å². The van der Waals surface area contributed by atoms with Crippen molar-refractivity contribution in [2.24, 2.45) is 16.7 Å². The second-order valence-electron chi connectivity index (χ2n) is 8.59. The van der Waals surface area contributed by atoms with E-state index in [2.05, 4.69) is 27.7 Å². The first-order valence-corrected chi connectivity index (χ1v) is 9.70. The number of carbonyl (C=O) groups is 3. The third kappa shape index (κ3) is 3.70. The van der Waals surface area contributed by atoms with Gasteiger partial charge in [0.15, 0.2) is 0 Å². The number of allylic oxidation sites excluding steroid dienone is 3. The van der Waals surface area contributed by atoms with Gasteiger partial charge in [0.2, 0.25) is 0 Å². The van der Waals surface area contributed by atoms with Gasteiger partial charge in [-0.15, -0.1) is 0 Å². The molecule has 0 radical (unpaired) electrons. The Balaban J connectivity index is 2.58. The van der Waals surface area contributed by atoms with Crippen LogP contribution in [-0.2, 0) is 19.1 Å². The Morgan fingerprint density at radius 1 is 1.19 bits per heavy atom. The van der Waals surface area contributed by atoms with Crippen molar-refractivity contribution >= 4 is 18.5 Å². The van der Waals surface area contributed by atoms with Crippen molar-refractivity contribution in [3.8, 4) is 0 Å². The summed E-state index contributed by atoms with van der Waals surface area (Å²) in [6.07, 6.45) is 7.83. The van der Waals surface area contributed by atoms with E-state index in [1.165, 1.54) is 18.1 Å². The lowest BCUT2D eigenvalue weighted by atomic mass is 9.57. The molecule has 0 N–H and O–H groups in total. The number of hydrogen-bond acceptors (Lipinski definition) is 4. The largest absolute Gasteiger partial charge is 0.462 e. The van der Waals surface area contributed by atoms with E-state index in [-0.39, 0.29) is 11.4 Å². The second kappa shape index (κ2) is 7.89. The Morgan fingerprint density at radius 2 is 1.88 bits per heavy atom.